The van der Waals surface area contributed by atoms with Gasteiger partial charge in [0.15, 0.2) is 0 Å². The van der Waals surface area contributed by atoms with E-state index in [-0.39, 0.29) is 5.56 Å². The van der Waals surface area contributed by atoms with E-state index in [9.17, 15) is 14.9 Å². The first-order chi connectivity index (χ1) is 17.6. The molecule has 0 saturated carbocycles. The van der Waals surface area contributed by atoms with Crippen molar-refractivity contribution in [2.24, 2.45) is 5.73 Å². The van der Waals surface area contributed by atoms with Gasteiger partial charge in [-0.1, -0.05) is 49.0 Å². The number of ether oxygens (including phenoxy) is 1. The van der Waals surface area contributed by atoms with Gasteiger partial charge in [-0.05, 0) is 38.3 Å². The molecular weight excluding hydrogens is 490 g/mol. The summed E-state index contributed by atoms with van der Waals surface area (Å²) in [5.41, 5.74) is 9.79. The van der Waals surface area contributed by atoms with Crippen molar-refractivity contribution in [3.8, 4) is 6.07 Å². The first kappa shape index (κ1) is 27.8. The molecule has 2 aromatic rings. The van der Waals surface area contributed by atoms with Crippen LogP contribution in [0.5, 0.6) is 0 Å². The van der Waals surface area contributed by atoms with Gasteiger partial charge in [0, 0.05) is 26.2 Å². The number of hydrazine groups is 1. The number of amides is 2. The molecule has 1 atom stereocenters. The summed E-state index contributed by atoms with van der Waals surface area (Å²) in [6.07, 6.45) is -0.0687. The zero-order valence-electron chi connectivity index (χ0n) is 21.4. The molecule has 10 nitrogen and oxygen atoms in total. The molecule has 1 aromatic heterocycles. The van der Waals surface area contributed by atoms with Gasteiger partial charge in [0.1, 0.15) is 27.8 Å². The topological polar surface area (TPSA) is 129 Å². The monoisotopic (exact) mass is 521 g/mol. The Balaban J connectivity index is 1.91. The summed E-state index contributed by atoms with van der Waals surface area (Å²) in [5, 5.41) is 11.4. The summed E-state index contributed by atoms with van der Waals surface area (Å²) in [5.74, 6) is -0.0841. The Kier molecular flexibility index (Phi) is 8.98. The number of hydrogen-bond donors (Lipinski definition) is 2. The number of piperazine rings is 1. The van der Waals surface area contributed by atoms with Crippen LogP contribution in [-0.4, -0.2) is 53.8 Å². The number of hydrogen-bond acceptors (Lipinski definition) is 8. The van der Waals surface area contributed by atoms with Gasteiger partial charge in [0.2, 0.25) is 11.6 Å². The number of rotatable bonds is 7. The number of anilines is 1. The number of benzene rings is 1. The van der Waals surface area contributed by atoms with Crippen LogP contribution in [0, 0.1) is 17.9 Å². The van der Waals surface area contributed by atoms with E-state index >= 15 is 0 Å². The summed E-state index contributed by atoms with van der Waals surface area (Å²) in [6, 6.07) is 11.3. The van der Waals surface area contributed by atoms with Gasteiger partial charge in [-0.3, -0.25) is 10.2 Å². The van der Waals surface area contributed by atoms with E-state index < -0.39 is 22.9 Å². The molecule has 37 heavy (non-hydrogen) atoms. The van der Waals surface area contributed by atoms with Crippen LogP contribution in [-0.2, 0) is 16.0 Å². The fourth-order valence-electron chi connectivity index (χ4n) is 3.96. The maximum atomic E-state index is 12.4. The van der Waals surface area contributed by atoms with Crippen LogP contribution >= 0.6 is 11.8 Å². The Morgan fingerprint density at radius 3 is 2.43 bits per heavy atom. The van der Waals surface area contributed by atoms with Crippen molar-refractivity contribution in [2.45, 2.75) is 50.0 Å². The number of nitriles is 1. The molecule has 0 spiro atoms. The Bertz CT molecular complexity index is 1220. The Hall–Kier alpha value is -3.80. The minimum atomic E-state index is -0.743. The molecule has 3 N–H and O–H groups in total. The van der Waals surface area contributed by atoms with Crippen molar-refractivity contribution in [2.75, 3.05) is 31.1 Å². The Morgan fingerprint density at radius 1 is 1.27 bits per heavy atom. The van der Waals surface area contributed by atoms with Crippen molar-refractivity contribution < 1.29 is 14.3 Å². The van der Waals surface area contributed by atoms with E-state index in [1.165, 1.54) is 0 Å². The molecule has 1 aliphatic heterocycles. The molecule has 0 radical (unpaired) electrons. The second-order valence-electron chi connectivity index (χ2n) is 9.42. The van der Waals surface area contributed by atoms with Gasteiger partial charge < -0.3 is 15.4 Å². The van der Waals surface area contributed by atoms with Gasteiger partial charge >= 0.3 is 6.09 Å². The number of aromatic nitrogens is 1. The van der Waals surface area contributed by atoms with E-state index in [0.717, 1.165) is 11.8 Å². The molecule has 1 aliphatic rings. The SMILES string of the molecule is [C-]#[N+]c1c(N2CCN(NC(=O)OC(C)(C)C)CC2)nc(SC(C(N)=O)c2ccccc2)c(C#N)c1CC. The molecule has 2 heterocycles. The van der Waals surface area contributed by atoms with Crippen LogP contribution in [0.3, 0.4) is 0 Å². The highest BCUT2D eigenvalue weighted by Gasteiger charge is 2.29. The van der Waals surface area contributed by atoms with Gasteiger partial charge in [-0.2, -0.15) is 5.26 Å². The van der Waals surface area contributed by atoms with Gasteiger partial charge in [0.25, 0.3) is 0 Å². The number of primary amides is 1. The molecule has 194 valence electrons. The predicted octanol–water partition coefficient (Wildman–Crippen LogP) is 3.95. The zero-order valence-corrected chi connectivity index (χ0v) is 22.3. The fraction of sp³-hybridized carbons (Fsp3) is 0.423. The lowest BCUT2D eigenvalue weighted by Gasteiger charge is -2.36. The van der Waals surface area contributed by atoms with Crippen LogP contribution in [0.2, 0.25) is 0 Å². The van der Waals surface area contributed by atoms with Gasteiger partial charge in [-0.15, -0.1) is 0 Å². The number of nitrogens with one attached hydrogen (secondary N) is 1. The first-order valence-corrected chi connectivity index (χ1v) is 12.8. The molecule has 1 saturated heterocycles. The Labute approximate surface area is 221 Å². The number of carbonyl (C=O) groups is 2. The average molecular weight is 522 g/mol. The van der Waals surface area contributed by atoms with E-state index in [0.29, 0.717) is 60.3 Å². The highest BCUT2D eigenvalue weighted by atomic mass is 32.2. The third-order valence-corrected chi connectivity index (χ3v) is 6.87. The van der Waals surface area contributed by atoms with E-state index in [1.54, 1.807) is 37.9 Å². The van der Waals surface area contributed by atoms with E-state index in [4.69, 9.17) is 22.0 Å². The van der Waals surface area contributed by atoms with Crippen molar-refractivity contribution in [3.05, 3.63) is 58.4 Å². The summed E-state index contributed by atoms with van der Waals surface area (Å²) in [6.45, 7) is 17.1. The molecule has 11 heteroatoms. The summed E-state index contributed by atoms with van der Waals surface area (Å²) in [4.78, 5) is 34.9. The Morgan fingerprint density at radius 2 is 1.92 bits per heavy atom. The quantitative estimate of drug-likeness (QED) is 0.414. The lowest BCUT2D eigenvalue weighted by molar-refractivity contribution is -0.117. The molecular formula is C26H31N7O3S. The van der Waals surface area contributed by atoms with E-state index in [2.05, 4.69) is 16.3 Å². The number of thioether (sulfide) groups is 1. The molecule has 0 bridgehead atoms. The zero-order chi connectivity index (χ0) is 27.2. The minimum absolute atomic E-state index is 0.287. The van der Waals surface area contributed by atoms with Crippen LogP contribution in [0.25, 0.3) is 4.85 Å². The molecule has 3 rings (SSSR count). The maximum absolute atomic E-state index is 12.4. The predicted molar refractivity (Wildman–Crippen MR) is 142 cm³/mol. The number of nitrogens with zero attached hydrogens (tertiary/aromatic N) is 5. The highest BCUT2D eigenvalue weighted by Crippen LogP contribution is 2.42. The number of carbonyl (C=O) groups excluding carboxylic acids is 2. The standard InChI is InChI=1S/C26H31N7O3S/c1-6-18-19(16-27)24(37-21(22(28)34)17-10-8-7-9-11-17)30-23(20(18)29-5)32-12-14-33(15-13-32)31-25(35)36-26(2,3)4/h7-11,21H,6,12-15H2,1-4H3,(H2,28,34)(H,31,35). The third kappa shape index (κ3) is 6.91. The van der Waals surface area contributed by atoms with E-state index in [1.807, 2.05) is 30.0 Å². The van der Waals surface area contributed by atoms with Crippen LogP contribution < -0.4 is 16.1 Å². The number of nitrogens with two attached hydrogens (primary N) is 1. The number of pyridine rings is 1. The smallest absolute Gasteiger partial charge is 0.422 e. The van der Waals surface area contributed by atoms with Crippen LogP contribution in [0.4, 0.5) is 16.3 Å². The molecule has 0 aliphatic carbocycles. The summed E-state index contributed by atoms with van der Waals surface area (Å²) < 4.78 is 5.32. The van der Waals surface area contributed by atoms with Crippen LogP contribution in [0.1, 0.15) is 49.6 Å². The summed E-state index contributed by atoms with van der Waals surface area (Å²) >= 11 is 1.12. The molecule has 2 amide bonds. The first-order valence-electron chi connectivity index (χ1n) is 11.9. The van der Waals surface area contributed by atoms with Crippen molar-refractivity contribution >= 4 is 35.3 Å². The fourth-order valence-corrected chi connectivity index (χ4v) is 5.02. The summed E-state index contributed by atoms with van der Waals surface area (Å²) in [7, 11) is 0. The lowest BCUT2D eigenvalue weighted by atomic mass is 10.1. The third-order valence-electron chi connectivity index (χ3n) is 5.62. The molecule has 1 unspecified atom stereocenters. The normalized spacial score (nSPS) is 14.8. The van der Waals surface area contributed by atoms with Crippen molar-refractivity contribution in [3.63, 3.8) is 0 Å². The average Bonchev–Trinajstić information content (AvgIpc) is 2.85. The van der Waals surface area contributed by atoms with Crippen molar-refractivity contribution in [1.29, 1.82) is 5.26 Å². The minimum Gasteiger partial charge on any atom is -0.443 e. The van der Waals surface area contributed by atoms with Gasteiger partial charge in [-0.25, -0.2) is 19.6 Å². The maximum Gasteiger partial charge on any atom is 0.422 e. The highest BCUT2D eigenvalue weighted by molar-refractivity contribution is 8.00. The second kappa shape index (κ2) is 12.0. The molecule has 1 aromatic carbocycles. The second-order valence-corrected chi connectivity index (χ2v) is 10.5. The van der Waals surface area contributed by atoms with Crippen molar-refractivity contribution in [1.82, 2.24) is 15.4 Å². The largest absolute Gasteiger partial charge is 0.443 e. The van der Waals surface area contributed by atoms with Crippen LogP contribution in [0.15, 0.2) is 35.4 Å². The lowest BCUT2D eigenvalue weighted by Crippen LogP contribution is -2.54. The van der Waals surface area contributed by atoms with Gasteiger partial charge in [0.05, 0.1) is 12.1 Å². The molecule has 1 fully saturated rings.